The minimum atomic E-state index is 1.11. The van der Waals surface area contributed by atoms with Gasteiger partial charge in [-0.05, 0) is 43.6 Å². The Morgan fingerprint density at radius 2 is 1.83 bits per heavy atom. The SMILES string of the molecule is CSc1cc(C)c(C)c(SC)n1. The van der Waals surface area contributed by atoms with E-state index in [1.807, 2.05) is 0 Å². The highest BCUT2D eigenvalue weighted by Gasteiger charge is 2.03. The number of nitrogens with zero attached hydrogens (tertiary/aromatic N) is 1. The summed E-state index contributed by atoms with van der Waals surface area (Å²) in [6, 6.07) is 2.14. The van der Waals surface area contributed by atoms with E-state index in [0.717, 1.165) is 10.1 Å². The van der Waals surface area contributed by atoms with Gasteiger partial charge in [0.05, 0.1) is 5.03 Å². The summed E-state index contributed by atoms with van der Waals surface area (Å²) in [6.07, 6.45) is 4.13. The summed E-state index contributed by atoms with van der Waals surface area (Å²) in [7, 11) is 0. The first kappa shape index (κ1) is 9.93. The van der Waals surface area contributed by atoms with Gasteiger partial charge in [-0.25, -0.2) is 4.98 Å². The summed E-state index contributed by atoms with van der Waals surface area (Å²) in [5.74, 6) is 0. The second-order valence-electron chi connectivity index (χ2n) is 2.62. The zero-order chi connectivity index (χ0) is 9.14. The highest BCUT2D eigenvalue weighted by molar-refractivity contribution is 7.99. The summed E-state index contributed by atoms with van der Waals surface area (Å²) in [5, 5.41) is 2.27. The number of hydrogen-bond acceptors (Lipinski definition) is 3. The van der Waals surface area contributed by atoms with Crippen LogP contribution in [0.25, 0.3) is 0 Å². The molecular weight excluding hydrogens is 186 g/mol. The van der Waals surface area contributed by atoms with E-state index < -0.39 is 0 Å². The summed E-state index contributed by atoms with van der Waals surface area (Å²) in [5.41, 5.74) is 2.64. The molecule has 0 radical (unpaired) electrons. The summed E-state index contributed by atoms with van der Waals surface area (Å²) < 4.78 is 0. The maximum absolute atomic E-state index is 4.50. The first-order valence-corrected chi connectivity index (χ1v) is 6.20. The van der Waals surface area contributed by atoms with Gasteiger partial charge in [0.25, 0.3) is 0 Å². The van der Waals surface area contributed by atoms with Gasteiger partial charge in [0.1, 0.15) is 5.03 Å². The van der Waals surface area contributed by atoms with Crippen LogP contribution >= 0.6 is 23.5 Å². The van der Waals surface area contributed by atoms with Crippen molar-refractivity contribution in [3.05, 3.63) is 17.2 Å². The molecule has 0 aliphatic carbocycles. The Hall–Kier alpha value is -0.150. The zero-order valence-corrected chi connectivity index (χ0v) is 9.47. The number of hydrogen-bond donors (Lipinski definition) is 0. The van der Waals surface area contributed by atoms with Crippen molar-refractivity contribution in [3.63, 3.8) is 0 Å². The van der Waals surface area contributed by atoms with Crippen LogP contribution in [0.4, 0.5) is 0 Å². The number of rotatable bonds is 2. The molecule has 0 N–H and O–H groups in total. The van der Waals surface area contributed by atoms with Crippen molar-refractivity contribution >= 4 is 23.5 Å². The normalized spacial score (nSPS) is 10.3. The fourth-order valence-electron chi connectivity index (χ4n) is 0.982. The van der Waals surface area contributed by atoms with Gasteiger partial charge >= 0.3 is 0 Å². The third-order valence-electron chi connectivity index (χ3n) is 1.87. The summed E-state index contributed by atoms with van der Waals surface area (Å²) >= 11 is 3.41. The Morgan fingerprint density at radius 3 is 2.33 bits per heavy atom. The average molecular weight is 199 g/mol. The van der Waals surface area contributed by atoms with Crippen LogP contribution in [-0.2, 0) is 0 Å². The van der Waals surface area contributed by atoms with Crippen LogP contribution in [-0.4, -0.2) is 17.5 Å². The number of thioether (sulfide) groups is 2. The topological polar surface area (TPSA) is 12.9 Å². The molecule has 1 rings (SSSR count). The van der Waals surface area contributed by atoms with Gasteiger partial charge in [0.15, 0.2) is 0 Å². The van der Waals surface area contributed by atoms with Gasteiger partial charge in [0.2, 0.25) is 0 Å². The van der Waals surface area contributed by atoms with Crippen molar-refractivity contribution in [1.29, 1.82) is 0 Å². The lowest BCUT2D eigenvalue weighted by Crippen LogP contribution is -1.91. The van der Waals surface area contributed by atoms with Crippen LogP contribution in [0.3, 0.4) is 0 Å². The fraction of sp³-hybridized carbons (Fsp3) is 0.444. The quantitative estimate of drug-likeness (QED) is 0.679. The van der Waals surface area contributed by atoms with Gasteiger partial charge in [-0.3, -0.25) is 0 Å². The van der Waals surface area contributed by atoms with E-state index >= 15 is 0 Å². The third-order valence-corrected chi connectivity index (χ3v) is 3.28. The minimum Gasteiger partial charge on any atom is -0.235 e. The average Bonchev–Trinajstić information content (AvgIpc) is 2.09. The van der Waals surface area contributed by atoms with Crippen LogP contribution in [0.5, 0.6) is 0 Å². The Morgan fingerprint density at radius 1 is 1.17 bits per heavy atom. The van der Waals surface area contributed by atoms with Crippen molar-refractivity contribution in [2.45, 2.75) is 23.9 Å². The highest BCUT2D eigenvalue weighted by Crippen LogP contribution is 2.24. The first-order chi connectivity index (χ1) is 5.69. The van der Waals surface area contributed by atoms with Crippen molar-refractivity contribution in [2.24, 2.45) is 0 Å². The lowest BCUT2D eigenvalue weighted by atomic mass is 10.2. The standard InChI is InChI=1S/C9H13NS2/c1-6-5-8(11-3)10-9(12-4)7(6)2/h5H,1-4H3. The number of aryl methyl sites for hydroxylation is 1. The molecule has 0 amide bonds. The molecule has 1 nitrogen and oxygen atoms in total. The minimum absolute atomic E-state index is 1.11. The molecule has 0 saturated heterocycles. The van der Waals surface area contributed by atoms with Crippen LogP contribution in [0.1, 0.15) is 11.1 Å². The lowest BCUT2D eigenvalue weighted by Gasteiger charge is -2.06. The van der Waals surface area contributed by atoms with E-state index in [1.54, 1.807) is 23.5 Å². The molecule has 1 aromatic rings. The highest BCUT2D eigenvalue weighted by atomic mass is 32.2. The van der Waals surface area contributed by atoms with E-state index in [0.29, 0.717) is 0 Å². The predicted octanol–water partition coefficient (Wildman–Crippen LogP) is 3.14. The molecule has 0 fully saturated rings. The van der Waals surface area contributed by atoms with Gasteiger partial charge in [-0.1, -0.05) is 0 Å². The van der Waals surface area contributed by atoms with E-state index in [9.17, 15) is 0 Å². The maximum Gasteiger partial charge on any atom is 0.100 e. The first-order valence-electron chi connectivity index (χ1n) is 3.75. The molecule has 0 aliphatic rings. The lowest BCUT2D eigenvalue weighted by molar-refractivity contribution is 0.959. The zero-order valence-electron chi connectivity index (χ0n) is 7.84. The van der Waals surface area contributed by atoms with E-state index in [1.165, 1.54) is 11.1 Å². The van der Waals surface area contributed by atoms with Gasteiger partial charge in [-0.15, -0.1) is 23.5 Å². The Labute approximate surface area is 82.4 Å². The molecule has 0 bridgehead atoms. The van der Waals surface area contributed by atoms with E-state index in [4.69, 9.17) is 0 Å². The molecule has 12 heavy (non-hydrogen) atoms. The second-order valence-corrected chi connectivity index (χ2v) is 4.24. The Balaban J connectivity index is 3.19. The van der Waals surface area contributed by atoms with E-state index in [-0.39, 0.29) is 0 Å². The molecule has 66 valence electrons. The molecule has 3 heteroatoms. The van der Waals surface area contributed by atoms with Gasteiger partial charge in [0, 0.05) is 0 Å². The second kappa shape index (κ2) is 4.19. The molecule has 0 saturated carbocycles. The van der Waals surface area contributed by atoms with Crippen molar-refractivity contribution in [1.82, 2.24) is 4.98 Å². The fourth-order valence-corrected chi connectivity index (χ4v) is 2.17. The molecule has 0 aromatic carbocycles. The van der Waals surface area contributed by atoms with Crippen molar-refractivity contribution < 1.29 is 0 Å². The van der Waals surface area contributed by atoms with Crippen molar-refractivity contribution in [3.8, 4) is 0 Å². The van der Waals surface area contributed by atoms with Crippen LogP contribution < -0.4 is 0 Å². The smallest absolute Gasteiger partial charge is 0.100 e. The Kier molecular flexibility index (Phi) is 3.47. The monoisotopic (exact) mass is 199 g/mol. The molecule has 0 aliphatic heterocycles. The van der Waals surface area contributed by atoms with Crippen LogP contribution in [0.15, 0.2) is 16.1 Å². The summed E-state index contributed by atoms with van der Waals surface area (Å²) in [6.45, 7) is 4.26. The number of aromatic nitrogens is 1. The van der Waals surface area contributed by atoms with Gasteiger partial charge in [-0.2, -0.15) is 0 Å². The maximum atomic E-state index is 4.50. The van der Waals surface area contributed by atoms with E-state index in [2.05, 4.69) is 37.4 Å². The Bertz CT molecular complexity index is 284. The largest absolute Gasteiger partial charge is 0.235 e. The summed E-state index contributed by atoms with van der Waals surface area (Å²) in [4.78, 5) is 4.50. The van der Waals surface area contributed by atoms with Gasteiger partial charge < -0.3 is 0 Å². The predicted molar refractivity (Wildman–Crippen MR) is 57.3 cm³/mol. The third kappa shape index (κ3) is 1.96. The molecule has 0 unspecified atom stereocenters. The molecule has 0 spiro atoms. The van der Waals surface area contributed by atoms with Crippen LogP contribution in [0, 0.1) is 13.8 Å². The molecule has 1 heterocycles. The molecular formula is C9H13NS2. The molecule has 0 atom stereocenters. The van der Waals surface area contributed by atoms with Crippen molar-refractivity contribution in [2.75, 3.05) is 12.5 Å². The number of pyridine rings is 1. The molecule has 1 aromatic heterocycles. The van der Waals surface area contributed by atoms with Crippen LogP contribution in [0.2, 0.25) is 0 Å².